The van der Waals surface area contributed by atoms with E-state index in [1.165, 1.54) is 35.5 Å². The van der Waals surface area contributed by atoms with E-state index in [-0.39, 0.29) is 11.8 Å². The number of para-hydroxylation sites is 1. The fourth-order valence-corrected chi connectivity index (χ4v) is 4.16. The van der Waals surface area contributed by atoms with E-state index >= 15 is 0 Å². The van der Waals surface area contributed by atoms with Gasteiger partial charge < -0.3 is 9.47 Å². The molecule has 1 atom stereocenters. The minimum absolute atomic E-state index is 0.195. The van der Waals surface area contributed by atoms with E-state index in [1.54, 1.807) is 26.4 Å². The Morgan fingerprint density at radius 3 is 2.36 bits per heavy atom. The van der Waals surface area contributed by atoms with Gasteiger partial charge in [0, 0.05) is 19.4 Å². The third-order valence-electron chi connectivity index (χ3n) is 4.18. The molecule has 1 aliphatic rings. The Morgan fingerprint density at radius 1 is 1.07 bits per heavy atom. The van der Waals surface area contributed by atoms with Crippen LogP contribution in [0.4, 0.5) is 5.69 Å². The lowest BCUT2D eigenvalue weighted by Gasteiger charge is -2.22. The van der Waals surface area contributed by atoms with Gasteiger partial charge in [0.1, 0.15) is 16.9 Å². The standard InChI is InChI=1S/C20H21N3O4S/c1-13(24)22(15-8-6-5-7-9-15)20-21-23(14(2)25)19(28-20)17-12-16(26-3)10-11-18(17)27-4/h5-12,19H,1-4H3. The average molecular weight is 399 g/mol. The Labute approximate surface area is 167 Å². The Kier molecular flexibility index (Phi) is 5.89. The molecule has 2 aromatic rings. The van der Waals surface area contributed by atoms with Crippen molar-refractivity contribution in [3.8, 4) is 11.5 Å². The van der Waals surface area contributed by atoms with Crippen LogP contribution in [-0.2, 0) is 9.59 Å². The van der Waals surface area contributed by atoms with Crippen LogP contribution in [0.15, 0.2) is 53.6 Å². The fourth-order valence-electron chi connectivity index (χ4n) is 2.88. The Morgan fingerprint density at radius 2 is 1.79 bits per heavy atom. The molecule has 3 rings (SSSR count). The molecule has 0 fully saturated rings. The highest BCUT2D eigenvalue weighted by Crippen LogP contribution is 2.45. The first-order valence-corrected chi connectivity index (χ1v) is 9.47. The predicted molar refractivity (Wildman–Crippen MR) is 109 cm³/mol. The van der Waals surface area contributed by atoms with Gasteiger partial charge in [-0.25, -0.2) is 5.01 Å². The molecule has 0 aliphatic carbocycles. The lowest BCUT2D eigenvalue weighted by molar-refractivity contribution is -0.129. The van der Waals surface area contributed by atoms with E-state index in [0.29, 0.717) is 22.4 Å². The quantitative estimate of drug-likeness (QED) is 0.785. The Hall–Kier alpha value is -3.00. The van der Waals surface area contributed by atoms with Gasteiger partial charge in [-0.1, -0.05) is 30.0 Å². The number of hydrazone groups is 1. The van der Waals surface area contributed by atoms with Crippen molar-refractivity contribution in [2.45, 2.75) is 19.2 Å². The maximum absolute atomic E-state index is 12.4. The first kappa shape index (κ1) is 19.8. The zero-order valence-corrected chi connectivity index (χ0v) is 16.9. The van der Waals surface area contributed by atoms with Crippen molar-refractivity contribution < 1.29 is 19.1 Å². The number of rotatable bonds is 4. The Balaban J connectivity index is 2.03. The van der Waals surface area contributed by atoms with Crippen molar-refractivity contribution in [3.05, 3.63) is 54.1 Å². The normalized spacial score (nSPS) is 15.8. The van der Waals surface area contributed by atoms with Gasteiger partial charge in [-0.15, -0.1) is 5.10 Å². The lowest BCUT2D eigenvalue weighted by Crippen LogP contribution is -2.32. The number of benzene rings is 2. The summed E-state index contributed by atoms with van der Waals surface area (Å²) in [6, 6.07) is 14.6. The molecular weight excluding hydrogens is 378 g/mol. The van der Waals surface area contributed by atoms with E-state index < -0.39 is 5.37 Å². The second kappa shape index (κ2) is 8.35. The molecule has 146 valence electrons. The van der Waals surface area contributed by atoms with Crippen LogP contribution >= 0.6 is 11.8 Å². The molecule has 1 aliphatic heterocycles. The third-order valence-corrected chi connectivity index (χ3v) is 5.33. The van der Waals surface area contributed by atoms with Crippen molar-refractivity contribution >= 4 is 34.4 Å². The first-order valence-electron chi connectivity index (χ1n) is 8.59. The summed E-state index contributed by atoms with van der Waals surface area (Å²) >= 11 is 1.30. The molecule has 2 aromatic carbocycles. The largest absolute Gasteiger partial charge is 0.497 e. The number of carbonyl (C=O) groups is 2. The molecule has 0 bridgehead atoms. The van der Waals surface area contributed by atoms with Crippen LogP contribution in [0.25, 0.3) is 0 Å². The van der Waals surface area contributed by atoms with Crippen molar-refractivity contribution in [2.75, 3.05) is 19.1 Å². The molecule has 0 saturated heterocycles. The third kappa shape index (κ3) is 3.82. The van der Waals surface area contributed by atoms with Crippen LogP contribution in [0.1, 0.15) is 24.8 Å². The molecule has 2 amide bonds. The fraction of sp³-hybridized carbons (Fsp3) is 0.250. The van der Waals surface area contributed by atoms with Gasteiger partial charge in [-0.05, 0) is 30.3 Å². The van der Waals surface area contributed by atoms with Crippen LogP contribution in [0.2, 0.25) is 0 Å². The van der Waals surface area contributed by atoms with E-state index in [1.807, 2.05) is 36.4 Å². The predicted octanol–water partition coefficient (Wildman–Crippen LogP) is 3.62. The number of hydrogen-bond donors (Lipinski definition) is 0. The SMILES string of the molecule is COc1ccc(OC)c(C2SC(N(C(C)=O)c3ccccc3)=NN2C(C)=O)c1. The number of amides is 2. The van der Waals surface area contributed by atoms with Crippen LogP contribution in [-0.4, -0.2) is 36.2 Å². The maximum atomic E-state index is 12.4. The van der Waals surface area contributed by atoms with Gasteiger partial charge in [-0.2, -0.15) is 0 Å². The van der Waals surface area contributed by atoms with Crippen LogP contribution in [0.5, 0.6) is 11.5 Å². The van der Waals surface area contributed by atoms with Crippen molar-refractivity contribution in [3.63, 3.8) is 0 Å². The highest BCUT2D eigenvalue weighted by atomic mass is 32.2. The number of carbonyl (C=O) groups excluding carboxylic acids is 2. The molecule has 1 unspecified atom stereocenters. The minimum Gasteiger partial charge on any atom is -0.497 e. The van der Waals surface area contributed by atoms with E-state index in [2.05, 4.69) is 5.10 Å². The number of nitrogens with zero attached hydrogens (tertiary/aromatic N) is 3. The van der Waals surface area contributed by atoms with Gasteiger partial charge in [0.2, 0.25) is 11.8 Å². The molecule has 28 heavy (non-hydrogen) atoms. The van der Waals surface area contributed by atoms with Crippen molar-refractivity contribution in [1.29, 1.82) is 0 Å². The highest BCUT2D eigenvalue weighted by Gasteiger charge is 2.37. The summed E-state index contributed by atoms with van der Waals surface area (Å²) in [6.07, 6.45) is 0. The van der Waals surface area contributed by atoms with Crippen molar-refractivity contribution in [1.82, 2.24) is 5.01 Å². The summed E-state index contributed by atoms with van der Waals surface area (Å²) < 4.78 is 10.8. The van der Waals surface area contributed by atoms with Gasteiger partial charge in [0.15, 0.2) is 5.17 Å². The molecule has 0 N–H and O–H groups in total. The lowest BCUT2D eigenvalue weighted by atomic mass is 10.1. The summed E-state index contributed by atoms with van der Waals surface area (Å²) in [4.78, 5) is 26.1. The van der Waals surface area contributed by atoms with Gasteiger partial charge in [0.05, 0.1) is 19.9 Å². The zero-order valence-electron chi connectivity index (χ0n) is 16.1. The summed E-state index contributed by atoms with van der Waals surface area (Å²) in [5, 5.41) is 5.74. The van der Waals surface area contributed by atoms with Crippen LogP contribution in [0, 0.1) is 0 Å². The molecule has 0 aromatic heterocycles. The molecule has 1 heterocycles. The summed E-state index contributed by atoms with van der Waals surface area (Å²) in [7, 11) is 3.14. The first-order chi connectivity index (χ1) is 13.5. The zero-order chi connectivity index (χ0) is 20.3. The van der Waals surface area contributed by atoms with Gasteiger partial charge >= 0.3 is 0 Å². The number of hydrogen-bond acceptors (Lipinski definition) is 6. The maximum Gasteiger partial charge on any atom is 0.241 e. The second-order valence-electron chi connectivity index (χ2n) is 6.01. The number of amidine groups is 1. The highest BCUT2D eigenvalue weighted by molar-refractivity contribution is 8.14. The number of thioether (sulfide) groups is 1. The van der Waals surface area contributed by atoms with Crippen LogP contribution < -0.4 is 14.4 Å². The smallest absolute Gasteiger partial charge is 0.241 e. The number of anilines is 1. The monoisotopic (exact) mass is 399 g/mol. The van der Waals surface area contributed by atoms with Crippen molar-refractivity contribution in [2.24, 2.45) is 5.10 Å². The molecule has 8 heteroatoms. The topological polar surface area (TPSA) is 71.4 Å². The Bertz CT molecular complexity index is 917. The molecular formula is C20H21N3O4S. The van der Waals surface area contributed by atoms with Gasteiger partial charge in [-0.3, -0.25) is 14.5 Å². The van der Waals surface area contributed by atoms with E-state index in [4.69, 9.17) is 9.47 Å². The van der Waals surface area contributed by atoms with Crippen LogP contribution in [0.3, 0.4) is 0 Å². The second-order valence-corrected chi connectivity index (χ2v) is 7.06. The molecule has 0 radical (unpaired) electrons. The number of ether oxygens (including phenoxy) is 2. The van der Waals surface area contributed by atoms with E-state index in [0.717, 1.165) is 5.56 Å². The molecule has 0 saturated carbocycles. The van der Waals surface area contributed by atoms with E-state index in [9.17, 15) is 9.59 Å². The molecule has 7 nitrogen and oxygen atoms in total. The average Bonchev–Trinajstić information content (AvgIpc) is 3.13. The summed E-state index contributed by atoms with van der Waals surface area (Å²) in [6.45, 7) is 2.90. The summed E-state index contributed by atoms with van der Waals surface area (Å²) in [5.74, 6) is 0.808. The molecule has 0 spiro atoms. The minimum atomic E-state index is -0.483. The summed E-state index contributed by atoms with van der Waals surface area (Å²) in [5.41, 5.74) is 1.42. The van der Waals surface area contributed by atoms with Gasteiger partial charge in [0.25, 0.3) is 0 Å². The number of methoxy groups -OCH3 is 2.